The quantitative estimate of drug-likeness (QED) is 0.621. The van der Waals surface area contributed by atoms with Crippen LogP contribution in [-0.4, -0.2) is 24.1 Å². The summed E-state index contributed by atoms with van der Waals surface area (Å²) in [5.74, 6) is -0.441. The van der Waals surface area contributed by atoms with Crippen molar-refractivity contribution in [1.29, 1.82) is 0 Å². The average molecular weight is 314 g/mol. The molecule has 0 aromatic heterocycles. The molecule has 120 valence electrons. The fourth-order valence-corrected chi connectivity index (χ4v) is 2.13. The van der Waals surface area contributed by atoms with Crippen molar-refractivity contribution in [3.8, 4) is 0 Å². The minimum Gasteiger partial charge on any atom is -0.399 e. The van der Waals surface area contributed by atoms with Crippen LogP contribution in [0.1, 0.15) is 50.5 Å². The van der Waals surface area contributed by atoms with Crippen molar-refractivity contribution in [3.63, 3.8) is 0 Å². The molecule has 0 saturated carbocycles. The van der Waals surface area contributed by atoms with Crippen molar-refractivity contribution in [3.05, 3.63) is 29.3 Å². The molecule has 3 nitrogen and oxygen atoms in total. The van der Waals surface area contributed by atoms with Gasteiger partial charge < -0.3 is 9.31 Å². The molecule has 0 N–H and O–H groups in total. The van der Waals surface area contributed by atoms with Crippen LogP contribution in [0.4, 0.5) is 13.2 Å². The van der Waals surface area contributed by atoms with Gasteiger partial charge in [0.25, 0.3) is 0 Å². The number of halogens is 3. The van der Waals surface area contributed by atoms with Gasteiger partial charge >= 0.3 is 13.3 Å². The van der Waals surface area contributed by atoms with E-state index in [-0.39, 0.29) is 11.0 Å². The minimum atomic E-state index is -4.54. The Hall–Kier alpha value is -1.34. The van der Waals surface area contributed by atoms with Crippen LogP contribution in [0.25, 0.3) is 0 Å². The van der Waals surface area contributed by atoms with E-state index in [0.29, 0.717) is 0 Å². The largest absolute Gasteiger partial charge is 0.494 e. The predicted molar refractivity (Wildman–Crippen MR) is 77.2 cm³/mol. The van der Waals surface area contributed by atoms with Crippen molar-refractivity contribution in [2.24, 2.45) is 0 Å². The first-order chi connectivity index (χ1) is 9.83. The van der Waals surface area contributed by atoms with E-state index in [1.54, 1.807) is 0 Å². The summed E-state index contributed by atoms with van der Waals surface area (Å²) >= 11 is 0. The lowest BCUT2D eigenvalue weighted by atomic mass is 9.77. The van der Waals surface area contributed by atoms with E-state index in [1.165, 1.54) is 13.0 Å². The first-order valence-electron chi connectivity index (χ1n) is 6.92. The monoisotopic (exact) mass is 314 g/mol. The molecule has 1 aliphatic rings. The number of benzene rings is 1. The summed E-state index contributed by atoms with van der Waals surface area (Å²) in [4.78, 5) is 11.5. The highest BCUT2D eigenvalue weighted by molar-refractivity contribution is 6.62. The van der Waals surface area contributed by atoms with Gasteiger partial charge in [-0.25, -0.2) is 0 Å². The molecule has 1 aliphatic heterocycles. The van der Waals surface area contributed by atoms with Crippen molar-refractivity contribution < 1.29 is 27.3 Å². The summed E-state index contributed by atoms with van der Waals surface area (Å²) in [5, 5.41) is 0. The fraction of sp³-hybridized carbons (Fsp3) is 0.533. The van der Waals surface area contributed by atoms with Crippen LogP contribution in [0.3, 0.4) is 0 Å². The van der Waals surface area contributed by atoms with E-state index >= 15 is 0 Å². The van der Waals surface area contributed by atoms with Crippen LogP contribution in [0.2, 0.25) is 0 Å². The number of Topliss-reactive ketones (excluding diaryl/α,β-unsaturated/α-hetero) is 1. The molecule has 1 aromatic carbocycles. The zero-order valence-electron chi connectivity index (χ0n) is 13.2. The Morgan fingerprint density at radius 1 is 1.05 bits per heavy atom. The second-order valence-electron chi connectivity index (χ2n) is 6.49. The third-order valence-electron chi connectivity index (χ3n) is 4.21. The van der Waals surface area contributed by atoms with Gasteiger partial charge in [-0.1, -0.05) is 12.1 Å². The van der Waals surface area contributed by atoms with Crippen LogP contribution in [-0.2, 0) is 15.5 Å². The van der Waals surface area contributed by atoms with Crippen LogP contribution in [0.15, 0.2) is 18.2 Å². The molecule has 2 rings (SSSR count). The maximum absolute atomic E-state index is 13.0. The summed E-state index contributed by atoms with van der Waals surface area (Å²) in [7, 11) is -0.939. The van der Waals surface area contributed by atoms with Gasteiger partial charge in [-0.05, 0) is 46.1 Å². The Morgan fingerprint density at radius 3 is 1.95 bits per heavy atom. The van der Waals surface area contributed by atoms with Crippen molar-refractivity contribution in [1.82, 2.24) is 0 Å². The second kappa shape index (κ2) is 5.10. The number of ketones is 1. The molecule has 1 heterocycles. The van der Waals surface area contributed by atoms with Gasteiger partial charge in [0.05, 0.1) is 16.8 Å². The molecule has 22 heavy (non-hydrogen) atoms. The number of hydrogen-bond donors (Lipinski definition) is 0. The molecule has 0 aliphatic carbocycles. The zero-order valence-corrected chi connectivity index (χ0v) is 13.2. The van der Waals surface area contributed by atoms with E-state index in [2.05, 4.69) is 0 Å². The Kier molecular flexibility index (Phi) is 3.94. The van der Waals surface area contributed by atoms with Crippen LogP contribution < -0.4 is 5.46 Å². The number of carbonyl (C=O) groups excluding carboxylic acids is 1. The number of rotatable bonds is 2. The average Bonchev–Trinajstić information content (AvgIpc) is 2.57. The van der Waals surface area contributed by atoms with Crippen molar-refractivity contribution >= 4 is 18.4 Å². The van der Waals surface area contributed by atoms with Crippen LogP contribution in [0.5, 0.6) is 0 Å². The second-order valence-corrected chi connectivity index (χ2v) is 6.49. The zero-order chi connectivity index (χ0) is 16.9. The molecule has 0 spiro atoms. The summed E-state index contributed by atoms with van der Waals surface area (Å²) in [5.41, 5.74) is -2.03. The molecule has 7 heteroatoms. The molecule has 0 radical (unpaired) electrons. The van der Waals surface area contributed by atoms with Gasteiger partial charge in [0.15, 0.2) is 5.78 Å². The van der Waals surface area contributed by atoms with E-state index in [0.717, 1.165) is 12.1 Å². The maximum Gasteiger partial charge on any atom is 0.494 e. The van der Waals surface area contributed by atoms with Gasteiger partial charge in [0, 0.05) is 5.56 Å². The first kappa shape index (κ1) is 17.0. The molecule has 0 amide bonds. The maximum atomic E-state index is 13.0. The predicted octanol–water partition coefficient (Wildman–Crippen LogP) is 3.21. The Balaban J connectivity index is 2.48. The number of hydrogen-bond acceptors (Lipinski definition) is 3. The van der Waals surface area contributed by atoms with Gasteiger partial charge in [0.2, 0.25) is 0 Å². The summed E-state index contributed by atoms with van der Waals surface area (Å²) in [6, 6.07) is 3.20. The third-order valence-corrected chi connectivity index (χ3v) is 4.21. The molecule has 1 fully saturated rings. The first-order valence-corrected chi connectivity index (χ1v) is 6.92. The molecule has 0 bridgehead atoms. The van der Waals surface area contributed by atoms with Gasteiger partial charge in [-0.3, -0.25) is 4.79 Å². The molecule has 1 saturated heterocycles. The summed E-state index contributed by atoms with van der Waals surface area (Å²) in [6.45, 7) is 8.47. The Labute approximate surface area is 127 Å². The summed E-state index contributed by atoms with van der Waals surface area (Å²) < 4.78 is 50.5. The topological polar surface area (TPSA) is 35.5 Å². The lowest BCUT2D eigenvalue weighted by Gasteiger charge is -2.32. The highest BCUT2D eigenvalue weighted by Gasteiger charge is 2.52. The van der Waals surface area contributed by atoms with Crippen molar-refractivity contribution in [2.45, 2.75) is 52.0 Å². The van der Waals surface area contributed by atoms with Crippen LogP contribution >= 0.6 is 0 Å². The smallest absolute Gasteiger partial charge is 0.399 e. The van der Waals surface area contributed by atoms with E-state index < -0.39 is 35.8 Å². The number of alkyl halides is 3. The van der Waals surface area contributed by atoms with Gasteiger partial charge in [0.1, 0.15) is 0 Å². The van der Waals surface area contributed by atoms with E-state index in [4.69, 9.17) is 9.31 Å². The Bertz CT molecular complexity index is 593. The highest BCUT2D eigenvalue weighted by atomic mass is 19.4. The van der Waals surface area contributed by atoms with Gasteiger partial charge in [-0.2, -0.15) is 13.2 Å². The molecule has 0 atom stereocenters. The lowest BCUT2D eigenvalue weighted by Crippen LogP contribution is -2.41. The van der Waals surface area contributed by atoms with E-state index in [9.17, 15) is 18.0 Å². The van der Waals surface area contributed by atoms with Crippen molar-refractivity contribution in [2.75, 3.05) is 0 Å². The molecule has 0 unspecified atom stereocenters. The Morgan fingerprint density at radius 2 is 1.55 bits per heavy atom. The van der Waals surface area contributed by atoms with E-state index in [1.807, 2.05) is 27.7 Å². The molecular formula is C15H18BF3O3. The molecule has 1 aromatic rings. The normalized spacial score (nSPS) is 20.3. The van der Waals surface area contributed by atoms with Gasteiger partial charge in [-0.15, -0.1) is 0 Å². The summed E-state index contributed by atoms with van der Waals surface area (Å²) in [6.07, 6.45) is -4.54. The minimum absolute atomic E-state index is 0.0143. The fourth-order valence-electron chi connectivity index (χ4n) is 2.13. The molecular weight excluding hydrogens is 296 g/mol. The third kappa shape index (κ3) is 3.05. The standard InChI is InChI=1S/C15H18BF3O3/c1-9(20)10-6-11(15(17,18)19)8-12(7-10)16-21-13(2,3)14(4,5)22-16/h6-8H,1-5H3. The SMILES string of the molecule is CC(=O)c1cc(B2OC(C)(C)C(C)(C)O2)cc(C(F)(F)F)c1. The lowest BCUT2D eigenvalue weighted by molar-refractivity contribution is -0.137. The van der Waals surface area contributed by atoms with Crippen LogP contribution in [0, 0.1) is 0 Å². The number of carbonyl (C=O) groups is 1. The highest BCUT2D eigenvalue weighted by Crippen LogP contribution is 2.37.